The van der Waals surface area contributed by atoms with E-state index in [-0.39, 0.29) is 12.4 Å². The quantitative estimate of drug-likeness (QED) is 0.560. The number of nitrogens with zero attached hydrogens (tertiary/aromatic N) is 4. The molecular formula is C21H22BrFN6OS. The largest absolute Gasteiger partial charge is 0.386 e. The first-order chi connectivity index (χ1) is 14.7. The standard InChI is InChI=1S/C21H22BrFN6OS/c1-21(2)20(24)28-17(11-29(3)31(21)30)15-9-14(4-5-16(15)23)27-19-18-12(6-7-25-19)8-13(22)10-26-18/h4-10,17H,11H2,1-3H3,(H2,24,28)(H,25,27). The number of rotatable bonds is 3. The Kier molecular flexibility index (Phi) is 5.80. The van der Waals surface area contributed by atoms with E-state index in [2.05, 4.69) is 36.2 Å². The Balaban J connectivity index is 1.72. The maximum absolute atomic E-state index is 14.8. The van der Waals surface area contributed by atoms with Crippen molar-refractivity contribution in [3.63, 3.8) is 0 Å². The van der Waals surface area contributed by atoms with Crippen LogP contribution in [0.5, 0.6) is 0 Å². The summed E-state index contributed by atoms with van der Waals surface area (Å²) < 4.78 is 29.2. The van der Waals surface area contributed by atoms with Crippen LogP contribution in [0.2, 0.25) is 0 Å². The van der Waals surface area contributed by atoms with E-state index in [4.69, 9.17) is 5.73 Å². The molecule has 2 atom stereocenters. The highest BCUT2D eigenvalue weighted by Gasteiger charge is 2.38. The van der Waals surface area contributed by atoms with E-state index >= 15 is 0 Å². The molecule has 0 amide bonds. The van der Waals surface area contributed by atoms with Crippen LogP contribution in [-0.2, 0) is 11.0 Å². The van der Waals surface area contributed by atoms with Crippen molar-refractivity contribution < 1.29 is 8.60 Å². The minimum Gasteiger partial charge on any atom is -0.386 e. The third-order valence-electron chi connectivity index (χ3n) is 5.25. The van der Waals surface area contributed by atoms with Gasteiger partial charge in [0.05, 0.1) is 6.04 Å². The molecule has 2 aromatic heterocycles. The summed E-state index contributed by atoms with van der Waals surface area (Å²) in [6.45, 7) is 3.82. The predicted octanol–water partition coefficient (Wildman–Crippen LogP) is 4.06. The van der Waals surface area contributed by atoms with Gasteiger partial charge in [0, 0.05) is 40.0 Å². The predicted molar refractivity (Wildman–Crippen MR) is 126 cm³/mol. The molecule has 0 fully saturated rings. The van der Waals surface area contributed by atoms with Gasteiger partial charge < -0.3 is 11.1 Å². The van der Waals surface area contributed by atoms with Crippen molar-refractivity contribution in [1.29, 1.82) is 0 Å². The van der Waals surface area contributed by atoms with Gasteiger partial charge in [-0.05, 0) is 67.2 Å². The summed E-state index contributed by atoms with van der Waals surface area (Å²) in [6, 6.07) is 7.93. The lowest BCUT2D eigenvalue weighted by Crippen LogP contribution is -2.45. The van der Waals surface area contributed by atoms with Crippen molar-refractivity contribution in [1.82, 2.24) is 14.3 Å². The molecule has 162 valence electrons. The Labute approximate surface area is 190 Å². The molecule has 1 aromatic carbocycles. The highest BCUT2D eigenvalue weighted by atomic mass is 79.9. The van der Waals surface area contributed by atoms with Crippen LogP contribution in [0.25, 0.3) is 10.9 Å². The first kappa shape index (κ1) is 21.8. The number of fused-ring (bicyclic) bond motifs is 1. The number of aromatic nitrogens is 2. The third kappa shape index (κ3) is 4.19. The third-order valence-corrected chi connectivity index (χ3v) is 7.48. The first-order valence-corrected chi connectivity index (χ1v) is 11.5. The topological polar surface area (TPSA) is 96.5 Å². The van der Waals surface area contributed by atoms with Crippen LogP contribution in [0.15, 0.2) is 52.2 Å². The number of hydrogen-bond acceptors (Lipinski definition) is 6. The van der Waals surface area contributed by atoms with Gasteiger partial charge in [-0.15, -0.1) is 0 Å². The second-order valence-corrected chi connectivity index (χ2v) is 10.9. The van der Waals surface area contributed by atoms with E-state index in [1.807, 2.05) is 12.1 Å². The summed E-state index contributed by atoms with van der Waals surface area (Å²) in [7, 11) is 0.344. The molecule has 1 aliphatic heterocycles. The number of pyridine rings is 2. The smallest absolute Gasteiger partial charge is 0.156 e. The second kappa shape index (κ2) is 8.25. The fourth-order valence-corrected chi connectivity index (χ4v) is 5.10. The minimum absolute atomic E-state index is 0.239. The second-order valence-electron chi connectivity index (χ2n) is 7.85. The lowest BCUT2D eigenvalue weighted by atomic mass is 10.0. The molecule has 1 aliphatic rings. The van der Waals surface area contributed by atoms with Gasteiger partial charge in [-0.3, -0.25) is 9.98 Å². The molecule has 3 N–H and O–H groups in total. The summed E-state index contributed by atoms with van der Waals surface area (Å²) >= 11 is 3.42. The highest BCUT2D eigenvalue weighted by molar-refractivity contribution is 9.10. The Morgan fingerprint density at radius 2 is 2.06 bits per heavy atom. The maximum atomic E-state index is 14.8. The fourth-order valence-electron chi connectivity index (χ4n) is 3.46. The summed E-state index contributed by atoms with van der Waals surface area (Å²) in [5.41, 5.74) is 7.86. The van der Waals surface area contributed by atoms with Gasteiger partial charge in [0.1, 0.15) is 32.9 Å². The number of nitrogens with one attached hydrogen (secondary N) is 1. The van der Waals surface area contributed by atoms with E-state index in [1.165, 1.54) is 6.07 Å². The van der Waals surface area contributed by atoms with Gasteiger partial charge >= 0.3 is 0 Å². The van der Waals surface area contributed by atoms with Crippen LogP contribution >= 0.6 is 15.9 Å². The fraction of sp³-hybridized carbons (Fsp3) is 0.286. The highest BCUT2D eigenvalue weighted by Crippen LogP contribution is 2.32. The van der Waals surface area contributed by atoms with Crippen LogP contribution < -0.4 is 11.1 Å². The molecular weight excluding hydrogens is 483 g/mol. The number of benzene rings is 1. The summed E-state index contributed by atoms with van der Waals surface area (Å²) in [6.07, 6.45) is 3.39. The van der Waals surface area contributed by atoms with E-state index in [9.17, 15) is 8.60 Å². The summed E-state index contributed by atoms with van der Waals surface area (Å²) in [5, 5.41) is 4.15. The maximum Gasteiger partial charge on any atom is 0.156 e. The van der Waals surface area contributed by atoms with Crippen molar-refractivity contribution in [3.05, 3.63) is 58.6 Å². The van der Waals surface area contributed by atoms with Crippen LogP contribution in [0.3, 0.4) is 0 Å². The Morgan fingerprint density at radius 1 is 1.29 bits per heavy atom. The van der Waals surface area contributed by atoms with Crippen molar-refractivity contribution in [2.45, 2.75) is 24.6 Å². The Bertz CT molecular complexity index is 1220. The molecule has 10 heteroatoms. The summed E-state index contributed by atoms with van der Waals surface area (Å²) in [5.74, 6) is 0.396. The lowest BCUT2D eigenvalue weighted by molar-refractivity contribution is 0.467. The molecule has 0 saturated carbocycles. The Hall–Kier alpha value is -2.43. The number of likely N-dealkylation sites (N-methyl/N-ethyl adjacent to an activating group) is 1. The van der Waals surface area contributed by atoms with Crippen LogP contribution in [0, 0.1) is 5.82 Å². The van der Waals surface area contributed by atoms with E-state index < -0.39 is 27.6 Å². The molecule has 7 nitrogen and oxygen atoms in total. The van der Waals surface area contributed by atoms with Crippen LogP contribution in [0.4, 0.5) is 15.9 Å². The number of amidine groups is 1. The SMILES string of the molecule is CN1CC(c2cc(Nc3nccc4cc(Br)cnc34)ccc2F)N=C(N)C(C)(C)S1=O. The Morgan fingerprint density at radius 3 is 2.84 bits per heavy atom. The van der Waals surface area contributed by atoms with Crippen molar-refractivity contribution in [3.8, 4) is 0 Å². The average molecular weight is 505 g/mol. The zero-order valence-electron chi connectivity index (χ0n) is 17.3. The number of nitrogens with two attached hydrogens (primary N) is 1. The zero-order chi connectivity index (χ0) is 22.3. The van der Waals surface area contributed by atoms with Gasteiger partial charge in [-0.1, -0.05) is 0 Å². The average Bonchev–Trinajstić information content (AvgIpc) is 2.80. The van der Waals surface area contributed by atoms with E-state index in [0.29, 0.717) is 22.6 Å². The van der Waals surface area contributed by atoms with Crippen LogP contribution in [-0.4, -0.2) is 42.7 Å². The van der Waals surface area contributed by atoms with Gasteiger partial charge in [0.2, 0.25) is 0 Å². The van der Waals surface area contributed by atoms with Crippen molar-refractivity contribution in [2.75, 3.05) is 18.9 Å². The van der Waals surface area contributed by atoms with Crippen molar-refractivity contribution in [2.24, 2.45) is 10.7 Å². The molecule has 0 radical (unpaired) electrons. The van der Waals surface area contributed by atoms with Gasteiger partial charge in [-0.25, -0.2) is 17.9 Å². The van der Waals surface area contributed by atoms with Crippen molar-refractivity contribution >= 4 is 55.2 Å². The normalized spacial score (nSPS) is 21.5. The molecule has 3 heterocycles. The van der Waals surface area contributed by atoms with E-state index in [0.717, 1.165) is 9.86 Å². The molecule has 4 rings (SSSR count). The van der Waals surface area contributed by atoms with Gasteiger partial charge in [0.25, 0.3) is 0 Å². The number of halogens is 2. The molecule has 0 saturated heterocycles. The molecule has 3 aromatic rings. The lowest BCUT2D eigenvalue weighted by Gasteiger charge is -2.25. The molecule has 31 heavy (non-hydrogen) atoms. The number of hydrogen-bond donors (Lipinski definition) is 2. The number of aliphatic imine (C=N–C) groups is 1. The molecule has 0 bridgehead atoms. The monoisotopic (exact) mass is 504 g/mol. The first-order valence-electron chi connectivity index (χ1n) is 9.60. The van der Waals surface area contributed by atoms with Gasteiger partial charge in [0.15, 0.2) is 5.82 Å². The number of anilines is 2. The van der Waals surface area contributed by atoms with Crippen LogP contribution in [0.1, 0.15) is 25.5 Å². The zero-order valence-corrected chi connectivity index (χ0v) is 19.7. The molecule has 0 spiro atoms. The van der Waals surface area contributed by atoms with E-state index in [1.54, 1.807) is 49.7 Å². The van der Waals surface area contributed by atoms with Gasteiger partial charge in [-0.2, -0.15) is 0 Å². The minimum atomic E-state index is -1.38. The molecule has 0 aliphatic carbocycles. The molecule has 2 unspecified atom stereocenters. The summed E-state index contributed by atoms with van der Waals surface area (Å²) in [4.78, 5) is 13.4.